The third-order valence-electron chi connectivity index (χ3n) is 2.20. The van der Waals surface area contributed by atoms with Crippen LogP contribution in [0.25, 0.3) is 0 Å². The fraction of sp³-hybridized carbons (Fsp3) is 1.00. The highest BCUT2D eigenvalue weighted by atomic mass is 33.2. The van der Waals surface area contributed by atoms with E-state index < -0.39 is 24.0 Å². The van der Waals surface area contributed by atoms with Crippen LogP contribution in [0.3, 0.4) is 0 Å². The molecule has 6 nitrogen and oxygen atoms in total. The summed E-state index contributed by atoms with van der Waals surface area (Å²) in [7, 11) is -8.43. The van der Waals surface area contributed by atoms with Gasteiger partial charge in [0, 0.05) is 12.6 Å². The molecule has 14 heavy (non-hydrogen) atoms. The zero-order valence-electron chi connectivity index (χ0n) is 7.75. The van der Waals surface area contributed by atoms with Crippen molar-refractivity contribution >= 4 is 17.9 Å². The quantitative estimate of drug-likeness (QED) is 0.624. The lowest BCUT2D eigenvalue weighted by Crippen LogP contribution is -2.40. The van der Waals surface area contributed by atoms with Crippen molar-refractivity contribution in [3.8, 4) is 0 Å². The summed E-state index contributed by atoms with van der Waals surface area (Å²) in [5.41, 5.74) is 0. The molecule has 1 aliphatic heterocycles. The first-order valence-corrected chi connectivity index (χ1v) is 7.98. The maximum absolute atomic E-state index is 11.5. The van der Waals surface area contributed by atoms with Gasteiger partial charge in [-0.1, -0.05) is 0 Å². The highest BCUT2D eigenvalue weighted by Crippen LogP contribution is 2.23. The van der Waals surface area contributed by atoms with Crippen molar-refractivity contribution in [1.29, 1.82) is 0 Å². The van der Waals surface area contributed by atoms with Crippen LogP contribution in [0.2, 0.25) is 0 Å². The van der Waals surface area contributed by atoms with E-state index in [-0.39, 0.29) is 13.2 Å². The Labute approximate surface area is 82.9 Å². The van der Waals surface area contributed by atoms with Gasteiger partial charge >= 0.3 is 9.06 Å². The molecule has 0 radical (unpaired) electrons. The van der Waals surface area contributed by atoms with E-state index in [0.717, 1.165) is 4.31 Å². The fourth-order valence-electron chi connectivity index (χ4n) is 1.46. The molecule has 1 N–H and O–H groups in total. The second-order valence-electron chi connectivity index (χ2n) is 3.25. The normalized spacial score (nSPS) is 25.4. The third-order valence-corrected chi connectivity index (χ3v) is 6.89. The van der Waals surface area contributed by atoms with Crippen LogP contribution in [-0.4, -0.2) is 51.7 Å². The summed E-state index contributed by atoms with van der Waals surface area (Å²) in [6.07, 6.45) is 1.75. The summed E-state index contributed by atoms with van der Waals surface area (Å²) < 4.78 is 45.7. The van der Waals surface area contributed by atoms with Gasteiger partial charge in [-0.3, -0.25) is 0 Å². The van der Waals surface area contributed by atoms with E-state index in [2.05, 4.69) is 0 Å². The Morgan fingerprint density at radius 2 is 1.93 bits per heavy atom. The van der Waals surface area contributed by atoms with E-state index in [9.17, 15) is 16.8 Å². The molecule has 0 spiro atoms. The zero-order valence-corrected chi connectivity index (χ0v) is 9.38. The van der Waals surface area contributed by atoms with Crippen LogP contribution in [0.5, 0.6) is 0 Å². The average Bonchev–Trinajstić information content (AvgIpc) is 2.49. The van der Waals surface area contributed by atoms with Crippen LogP contribution in [0.4, 0.5) is 0 Å². The van der Waals surface area contributed by atoms with Crippen LogP contribution in [0, 0.1) is 0 Å². The van der Waals surface area contributed by atoms with Gasteiger partial charge in [0.15, 0.2) is 0 Å². The average molecular weight is 243 g/mol. The summed E-state index contributed by atoms with van der Waals surface area (Å²) in [6.45, 7) is -0.171. The largest absolute Gasteiger partial charge is 0.395 e. The Hall–Kier alpha value is -0.180. The van der Waals surface area contributed by atoms with Crippen molar-refractivity contribution in [3.63, 3.8) is 0 Å². The summed E-state index contributed by atoms with van der Waals surface area (Å²) in [5.74, 6) is 0. The minimum absolute atomic E-state index is 0.167. The molecule has 1 heterocycles. The monoisotopic (exact) mass is 243 g/mol. The van der Waals surface area contributed by atoms with Crippen LogP contribution in [0.1, 0.15) is 12.8 Å². The third kappa shape index (κ3) is 1.92. The van der Waals surface area contributed by atoms with E-state index in [1.165, 1.54) is 0 Å². The van der Waals surface area contributed by atoms with E-state index in [4.69, 9.17) is 5.11 Å². The minimum atomic E-state index is -4.29. The molecule has 1 rings (SSSR count). The minimum Gasteiger partial charge on any atom is -0.395 e. The van der Waals surface area contributed by atoms with Gasteiger partial charge in [-0.2, -0.15) is 12.7 Å². The Kier molecular flexibility index (Phi) is 3.20. The zero-order chi connectivity index (χ0) is 11.0. The fourth-order valence-corrected chi connectivity index (χ4v) is 4.33. The molecule has 1 fully saturated rings. The van der Waals surface area contributed by atoms with Gasteiger partial charge in [-0.05, 0) is 12.8 Å². The van der Waals surface area contributed by atoms with E-state index >= 15 is 0 Å². The van der Waals surface area contributed by atoms with E-state index in [0.29, 0.717) is 19.1 Å². The summed E-state index contributed by atoms with van der Waals surface area (Å²) in [5, 5.41) is 8.86. The molecule has 1 saturated heterocycles. The van der Waals surface area contributed by atoms with Crippen molar-refractivity contribution < 1.29 is 21.9 Å². The second-order valence-corrected chi connectivity index (χ2v) is 9.06. The lowest BCUT2D eigenvalue weighted by atomic mass is 10.2. The number of hydrogen-bond acceptors (Lipinski definition) is 5. The topological polar surface area (TPSA) is 91.8 Å². The van der Waals surface area contributed by atoms with Crippen molar-refractivity contribution in [2.75, 3.05) is 19.4 Å². The van der Waals surface area contributed by atoms with E-state index in [1.807, 2.05) is 0 Å². The highest BCUT2D eigenvalue weighted by Gasteiger charge is 2.39. The molecule has 0 bridgehead atoms. The SMILES string of the molecule is CS(=O)(=O)S(=O)(=O)N1CCC[C@H]1CO. The molecular weight excluding hydrogens is 230 g/mol. The van der Waals surface area contributed by atoms with Crippen LogP contribution >= 0.6 is 0 Å². The smallest absolute Gasteiger partial charge is 0.320 e. The predicted molar refractivity (Wildman–Crippen MR) is 50.6 cm³/mol. The highest BCUT2D eigenvalue weighted by molar-refractivity contribution is 8.66. The molecule has 0 aromatic carbocycles. The standard InChI is InChI=1S/C6H13NO5S2/c1-13(9,10)14(11,12)7-4-2-3-6(7)5-8/h6,8H,2-5H2,1H3/t6-/m0/s1. The number of nitrogens with zero attached hydrogens (tertiary/aromatic N) is 1. The van der Waals surface area contributed by atoms with Crippen molar-refractivity contribution in [2.45, 2.75) is 18.9 Å². The van der Waals surface area contributed by atoms with Crippen LogP contribution in [0.15, 0.2) is 0 Å². The number of aliphatic hydroxyl groups excluding tert-OH is 1. The summed E-state index contributed by atoms with van der Waals surface area (Å²) in [4.78, 5) is 0. The van der Waals surface area contributed by atoms with Crippen LogP contribution < -0.4 is 0 Å². The van der Waals surface area contributed by atoms with Gasteiger partial charge in [0.25, 0.3) is 8.87 Å². The number of aliphatic hydroxyl groups is 1. The van der Waals surface area contributed by atoms with Gasteiger partial charge in [0.05, 0.1) is 12.9 Å². The first kappa shape index (κ1) is 11.9. The molecule has 8 heteroatoms. The maximum Gasteiger partial charge on any atom is 0.320 e. The maximum atomic E-state index is 11.5. The summed E-state index contributed by atoms with van der Waals surface area (Å²) >= 11 is 0. The lowest BCUT2D eigenvalue weighted by molar-refractivity contribution is 0.215. The molecule has 0 aromatic heterocycles. The molecule has 0 saturated carbocycles. The summed E-state index contributed by atoms with van der Waals surface area (Å²) in [6, 6.07) is -0.588. The number of hydrogen-bond donors (Lipinski definition) is 1. The predicted octanol–water partition coefficient (Wildman–Crippen LogP) is -1.27. The first-order chi connectivity index (χ1) is 6.30. The van der Waals surface area contributed by atoms with Gasteiger partial charge in [0.1, 0.15) is 0 Å². The van der Waals surface area contributed by atoms with Gasteiger partial charge in [0.2, 0.25) is 0 Å². The van der Waals surface area contributed by atoms with Gasteiger partial charge < -0.3 is 5.11 Å². The molecule has 0 aliphatic carbocycles. The van der Waals surface area contributed by atoms with Crippen molar-refractivity contribution in [3.05, 3.63) is 0 Å². The molecule has 1 atom stereocenters. The molecule has 1 aliphatic rings. The molecule has 0 aromatic rings. The molecule has 0 unspecified atom stereocenters. The second kappa shape index (κ2) is 3.76. The van der Waals surface area contributed by atoms with Crippen LogP contribution in [-0.2, 0) is 17.9 Å². The first-order valence-electron chi connectivity index (χ1n) is 4.13. The van der Waals surface area contributed by atoms with E-state index in [1.54, 1.807) is 0 Å². The van der Waals surface area contributed by atoms with Crippen molar-refractivity contribution in [2.24, 2.45) is 0 Å². The van der Waals surface area contributed by atoms with Gasteiger partial charge in [-0.15, -0.1) is 0 Å². The Bertz CT molecular complexity index is 398. The van der Waals surface area contributed by atoms with Crippen molar-refractivity contribution in [1.82, 2.24) is 4.31 Å². The molecule has 0 amide bonds. The van der Waals surface area contributed by atoms with Gasteiger partial charge in [-0.25, -0.2) is 8.42 Å². The Morgan fingerprint density at radius 3 is 2.36 bits per heavy atom. The Balaban J connectivity index is 3.06. The molecule has 84 valence electrons. The lowest BCUT2D eigenvalue weighted by Gasteiger charge is -2.20. The number of rotatable bonds is 3. The molecular formula is C6H13NO5S2. The Morgan fingerprint density at radius 1 is 1.36 bits per heavy atom.